The van der Waals surface area contributed by atoms with Crippen LogP contribution in [0, 0.1) is 11.6 Å². The van der Waals surface area contributed by atoms with Gasteiger partial charge in [0.25, 0.3) is 0 Å². The van der Waals surface area contributed by atoms with Gasteiger partial charge in [-0.3, -0.25) is 0 Å². The molecule has 0 saturated heterocycles. The molecular weight excluding hydrogens is 314 g/mol. The van der Waals surface area contributed by atoms with E-state index in [0.717, 1.165) is 23.8 Å². The fourth-order valence-corrected chi connectivity index (χ4v) is 2.85. The van der Waals surface area contributed by atoms with E-state index < -0.39 is 11.6 Å². The lowest BCUT2D eigenvalue weighted by Crippen LogP contribution is -2.19. The van der Waals surface area contributed by atoms with Crippen molar-refractivity contribution in [3.63, 3.8) is 0 Å². The number of hydrogen-bond donors (Lipinski definition) is 0. The summed E-state index contributed by atoms with van der Waals surface area (Å²) < 4.78 is 32.0. The average molecular weight is 325 g/mol. The Morgan fingerprint density at radius 3 is 2.63 bits per heavy atom. The summed E-state index contributed by atoms with van der Waals surface area (Å²) in [6, 6.07) is 11.7. The second-order valence-electron chi connectivity index (χ2n) is 4.54. The van der Waals surface area contributed by atoms with Crippen LogP contribution in [0.2, 0.25) is 0 Å². The lowest BCUT2D eigenvalue weighted by atomic mass is 10.0. The van der Waals surface area contributed by atoms with Crippen LogP contribution in [0.4, 0.5) is 8.78 Å². The van der Waals surface area contributed by atoms with Gasteiger partial charge in [-0.15, -0.1) is 0 Å². The minimum absolute atomic E-state index is 0.109. The van der Waals surface area contributed by atoms with Gasteiger partial charge in [-0.1, -0.05) is 40.2 Å². The molecule has 0 fully saturated rings. The van der Waals surface area contributed by atoms with E-state index in [1.165, 1.54) is 6.07 Å². The molecule has 2 unspecified atom stereocenters. The van der Waals surface area contributed by atoms with Gasteiger partial charge < -0.3 is 4.74 Å². The molecule has 0 bridgehead atoms. The number of rotatable bonds is 2. The Morgan fingerprint density at radius 2 is 1.89 bits per heavy atom. The Balaban J connectivity index is 1.82. The van der Waals surface area contributed by atoms with Crippen LogP contribution in [0.15, 0.2) is 42.5 Å². The van der Waals surface area contributed by atoms with Crippen molar-refractivity contribution in [2.24, 2.45) is 0 Å². The highest BCUT2D eigenvalue weighted by molar-refractivity contribution is 9.09. The molecule has 98 valence electrons. The maximum absolute atomic E-state index is 13.3. The molecular formula is C15H11BrF2O. The van der Waals surface area contributed by atoms with Crippen molar-refractivity contribution in [2.75, 3.05) is 0 Å². The van der Waals surface area contributed by atoms with Crippen molar-refractivity contribution >= 4 is 15.9 Å². The first-order chi connectivity index (χ1) is 9.15. The summed E-state index contributed by atoms with van der Waals surface area (Å²) in [7, 11) is 0. The number of hydrogen-bond acceptors (Lipinski definition) is 1. The van der Waals surface area contributed by atoms with Crippen LogP contribution in [0.1, 0.15) is 16.0 Å². The third kappa shape index (κ3) is 2.37. The van der Waals surface area contributed by atoms with Gasteiger partial charge in [-0.25, -0.2) is 8.78 Å². The highest BCUT2D eigenvalue weighted by Gasteiger charge is 2.29. The highest BCUT2D eigenvalue weighted by atomic mass is 79.9. The molecule has 0 aliphatic carbocycles. The van der Waals surface area contributed by atoms with Crippen LogP contribution in [0.3, 0.4) is 0 Å². The summed E-state index contributed by atoms with van der Waals surface area (Å²) in [5.74, 6) is -0.809. The topological polar surface area (TPSA) is 9.23 Å². The number of halogens is 3. The Hall–Kier alpha value is -1.42. The molecule has 2 aromatic carbocycles. The lowest BCUT2D eigenvalue weighted by Gasteiger charge is -2.18. The van der Waals surface area contributed by atoms with Gasteiger partial charge in [0.05, 0.1) is 4.83 Å². The molecule has 3 rings (SSSR count). The predicted molar refractivity (Wildman–Crippen MR) is 72.6 cm³/mol. The van der Waals surface area contributed by atoms with E-state index in [4.69, 9.17) is 4.74 Å². The monoisotopic (exact) mass is 324 g/mol. The van der Waals surface area contributed by atoms with Crippen LogP contribution in [-0.2, 0) is 6.42 Å². The zero-order valence-electron chi connectivity index (χ0n) is 9.95. The van der Waals surface area contributed by atoms with E-state index in [1.807, 2.05) is 24.3 Å². The van der Waals surface area contributed by atoms with Crippen LogP contribution in [-0.4, -0.2) is 6.10 Å². The first kappa shape index (κ1) is 12.6. The van der Waals surface area contributed by atoms with Gasteiger partial charge in [-0.2, -0.15) is 0 Å². The van der Waals surface area contributed by atoms with Crippen molar-refractivity contribution in [1.29, 1.82) is 0 Å². The lowest BCUT2D eigenvalue weighted by molar-refractivity contribution is 0.231. The summed E-state index contributed by atoms with van der Waals surface area (Å²) in [4.78, 5) is -0.171. The van der Waals surface area contributed by atoms with E-state index in [1.54, 1.807) is 6.07 Å². The maximum atomic E-state index is 13.3. The third-order valence-corrected chi connectivity index (χ3v) is 4.38. The minimum Gasteiger partial charge on any atom is -0.488 e. The fraction of sp³-hybridized carbons (Fsp3) is 0.200. The first-order valence-electron chi connectivity index (χ1n) is 5.99. The molecule has 0 N–H and O–H groups in total. The summed E-state index contributed by atoms with van der Waals surface area (Å²) in [5, 5.41) is 0. The van der Waals surface area contributed by atoms with Gasteiger partial charge in [0.15, 0.2) is 11.6 Å². The smallest absolute Gasteiger partial charge is 0.159 e. The van der Waals surface area contributed by atoms with Crippen LogP contribution in [0.25, 0.3) is 0 Å². The van der Waals surface area contributed by atoms with E-state index in [0.29, 0.717) is 5.56 Å². The first-order valence-corrected chi connectivity index (χ1v) is 6.90. The zero-order valence-corrected chi connectivity index (χ0v) is 11.5. The molecule has 1 aliphatic heterocycles. The Kier molecular flexibility index (Phi) is 3.27. The summed E-state index contributed by atoms with van der Waals surface area (Å²) in [6.07, 6.45) is 0.646. The highest BCUT2D eigenvalue weighted by Crippen LogP contribution is 2.38. The largest absolute Gasteiger partial charge is 0.488 e. The quantitative estimate of drug-likeness (QED) is 0.744. The van der Waals surface area contributed by atoms with Gasteiger partial charge in [0.1, 0.15) is 11.9 Å². The number of benzene rings is 2. The van der Waals surface area contributed by atoms with Crippen molar-refractivity contribution < 1.29 is 13.5 Å². The Labute approximate surface area is 118 Å². The molecule has 2 aromatic rings. The molecule has 0 aromatic heterocycles. The number of fused-ring (bicyclic) bond motifs is 1. The van der Waals surface area contributed by atoms with Crippen molar-refractivity contribution in [2.45, 2.75) is 17.4 Å². The molecule has 0 radical (unpaired) electrons. The van der Waals surface area contributed by atoms with E-state index in [9.17, 15) is 8.78 Å². The number of para-hydroxylation sites is 1. The molecule has 19 heavy (non-hydrogen) atoms. The van der Waals surface area contributed by atoms with Crippen LogP contribution < -0.4 is 4.74 Å². The average Bonchev–Trinajstić information content (AvgIpc) is 2.85. The third-order valence-electron chi connectivity index (χ3n) is 3.26. The van der Waals surface area contributed by atoms with Gasteiger partial charge in [-0.05, 0) is 29.3 Å². The summed E-state index contributed by atoms with van der Waals surface area (Å²) in [6.45, 7) is 0. The number of ether oxygens (including phenoxy) is 1. The molecule has 1 aliphatic rings. The van der Waals surface area contributed by atoms with E-state index in [-0.39, 0.29) is 10.9 Å². The second kappa shape index (κ2) is 4.93. The molecule has 0 amide bonds. The fourth-order valence-electron chi connectivity index (χ4n) is 2.27. The van der Waals surface area contributed by atoms with Crippen LogP contribution >= 0.6 is 15.9 Å². The van der Waals surface area contributed by atoms with E-state index >= 15 is 0 Å². The predicted octanol–water partition coefficient (Wildman–Crippen LogP) is 4.40. The van der Waals surface area contributed by atoms with Crippen LogP contribution in [0.5, 0.6) is 5.75 Å². The van der Waals surface area contributed by atoms with Gasteiger partial charge in [0, 0.05) is 6.42 Å². The molecule has 1 heterocycles. The molecule has 4 heteroatoms. The standard InChI is InChI=1S/C15H11BrF2O/c16-15(10-5-6-11(17)12(18)7-10)14-8-9-3-1-2-4-13(9)19-14/h1-7,14-15H,8H2. The van der Waals surface area contributed by atoms with E-state index in [2.05, 4.69) is 15.9 Å². The Morgan fingerprint density at radius 1 is 1.11 bits per heavy atom. The van der Waals surface area contributed by atoms with Gasteiger partial charge >= 0.3 is 0 Å². The van der Waals surface area contributed by atoms with Crippen molar-refractivity contribution in [3.05, 3.63) is 65.2 Å². The second-order valence-corrected chi connectivity index (χ2v) is 5.53. The molecule has 1 nitrogen and oxygen atoms in total. The molecule has 0 saturated carbocycles. The van der Waals surface area contributed by atoms with Crippen molar-refractivity contribution in [1.82, 2.24) is 0 Å². The van der Waals surface area contributed by atoms with Crippen molar-refractivity contribution in [3.8, 4) is 5.75 Å². The zero-order chi connectivity index (χ0) is 13.4. The maximum Gasteiger partial charge on any atom is 0.159 e. The molecule has 2 atom stereocenters. The summed E-state index contributed by atoms with van der Waals surface area (Å²) in [5.41, 5.74) is 1.82. The molecule has 0 spiro atoms. The minimum atomic E-state index is -0.836. The number of alkyl halides is 1. The normalized spacial score (nSPS) is 18.8. The Bertz CT molecular complexity index is 590. The summed E-state index contributed by atoms with van der Waals surface area (Å²) >= 11 is 3.52. The van der Waals surface area contributed by atoms with Gasteiger partial charge in [0.2, 0.25) is 0 Å². The SMILES string of the molecule is Fc1ccc(C(Br)C2Cc3ccccc3O2)cc1F.